The number of benzene rings is 2. The quantitative estimate of drug-likeness (QED) is 0.476. The van der Waals surface area contributed by atoms with Gasteiger partial charge in [0.05, 0.1) is 17.9 Å². The Bertz CT molecular complexity index is 823. The molecule has 2 aromatic rings. The van der Waals surface area contributed by atoms with E-state index in [1.165, 1.54) is 5.56 Å². The third kappa shape index (κ3) is 4.76. The topological polar surface area (TPSA) is 34.1 Å². The molecule has 2 aromatic carbocycles. The van der Waals surface area contributed by atoms with E-state index in [1.807, 2.05) is 24.3 Å². The zero-order valence-corrected chi connectivity index (χ0v) is 19.1. The fraction of sp³-hybridized carbons (Fsp3) is 0.500. The Labute approximate surface area is 181 Å². The van der Waals surface area contributed by atoms with Gasteiger partial charge in [0, 0.05) is 17.9 Å². The lowest BCUT2D eigenvalue weighted by Gasteiger charge is -2.56. The van der Waals surface area contributed by atoms with Crippen molar-refractivity contribution in [1.29, 1.82) is 0 Å². The summed E-state index contributed by atoms with van der Waals surface area (Å²) in [4.78, 5) is 12.3. The summed E-state index contributed by atoms with van der Waals surface area (Å²) in [5.41, 5.74) is 3.15. The van der Waals surface area contributed by atoms with Gasteiger partial charge in [0.15, 0.2) is 0 Å². The normalized spacial score (nSPS) is 28.6. The summed E-state index contributed by atoms with van der Waals surface area (Å²) in [6.45, 7) is 12.4. The third-order valence-corrected chi connectivity index (χ3v) is 6.89. The Hall–Kier alpha value is -2.17. The standard InChI is InChI=1S/C26H36N2O2/c1-6-25(4)18-24(27-29-19-22-14-10-8-11-15-22)21(3)26(5,7-2)28(25)30-20-23-16-12-9-13-17-23/h8-17,21H,6-7,18-20H2,1-5H3/b27-24+. The molecule has 0 amide bonds. The molecule has 0 radical (unpaired) electrons. The summed E-state index contributed by atoms with van der Waals surface area (Å²) in [6.07, 6.45) is 2.78. The number of rotatable bonds is 8. The second-order valence-corrected chi connectivity index (χ2v) is 8.85. The molecule has 1 aliphatic heterocycles. The highest BCUT2D eigenvalue weighted by atomic mass is 16.7. The number of hydroxylamine groups is 2. The van der Waals surface area contributed by atoms with Crippen LogP contribution in [0.25, 0.3) is 0 Å². The maximum absolute atomic E-state index is 6.51. The molecular weight excluding hydrogens is 372 g/mol. The predicted octanol–water partition coefficient (Wildman–Crippen LogP) is 6.37. The van der Waals surface area contributed by atoms with Crippen LogP contribution in [0.2, 0.25) is 0 Å². The zero-order chi connectivity index (χ0) is 21.6. The van der Waals surface area contributed by atoms with Crippen molar-refractivity contribution in [3.8, 4) is 0 Å². The van der Waals surface area contributed by atoms with Crippen molar-refractivity contribution in [2.45, 2.75) is 78.2 Å². The summed E-state index contributed by atoms with van der Waals surface area (Å²) in [5.74, 6) is 0.230. The van der Waals surface area contributed by atoms with Crippen molar-refractivity contribution in [2.75, 3.05) is 0 Å². The fourth-order valence-electron chi connectivity index (χ4n) is 4.38. The molecular formula is C26H36N2O2. The van der Waals surface area contributed by atoms with Crippen LogP contribution in [0.4, 0.5) is 0 Å². The second kappa shape index (κ2) is 9.76. The second-order valence-electron chi connectivity index (χ2n) is 8.85. The molecule has 3 atom stereocenters. The van der Waals surface area contributed by atoms with Gasteiger partial charge in [-0.15, -0.1) is 0 Å². The Morgan fingerprint density at radius 1 is 0.900 bits per heavy atom. The first-order valence-corrected chi connectivity index (χ1v) is 11.1. The summed E-state index contributed by atoms with van der Waals surface area (Å²) in [7, 11) is 0. The minimum atomic E-state index is -0.160. The van der Waals surface area contributed by atoms with Gasteiger partial charge in [-0.25, -0.2) is 0 Å². The van der Waals surface area contributed by atoms with Gasteiger partial charge in [0.25, 0.3) is 0 Å². The minimum Gasteiger partial charge on any atom is -0.391 e. The van der Waals surface area contributed by atoms with Gasteiger partial charge in [0.2, 0.25) is 0 Å². The van der Waals surface area contributed by atoms with Crippen molar-refractivity contribution in [3.05, 3.63) is 71.8 Å². The molecule has 1 aliphatic rings. The van der Waals surface area contributed by atoms with E-state index in [2.05, 4.69) is 81.2 Å². The highest BCUT2D eigenvalue weighted by Crippen LogP contribution is 2.44. The van der Waals surface area contributed by atoms with Crippen LogP contribution in [0.3, 0.4) is 0 Å². The van der Waals surface area contributed by atoms with E-state index in [1.54, 1.807) is 0 Å². The van der Waals surface area contributed by atoms with Crippen molar-refractivity contribution in [2.24, 2.45) is 11.1 Å². The van der Waals surface area contributed by atoms with Crippen LogP contribution in [0, 0.1) is 5.92 Å². The predicted molar refractivity (Wildman–Crippen MR) is 123 cm³/mol. The Balaban J connectivity index is 1.79. The summed E-state index contributed by atoms with van der Waals surface area (Å²) < 4.78 is 0. The lowest BCUT2D eigenvalue weighted by Crippen LogP contribution is -2.66. The Morgan fingerprint density at radius 2 is 1.47 bits per heavy atom. The molecule has 0 bridgehead atoms. The van der Waals surface area contributed by atoms with Crippen LogP contribution in [0.5, 0.6) is 0 Å². The molecule has 3 rings (SSSR count). The molecule has 30 heavy (non-hydrogen) atoms. The summed E-state index contributed by atoms with van der Waals surface area (Å²) in [5, 5.41) is 6.91. The fourth-order valence-corrected chi connectivity index (χ4v) is 4.38. The van der Waals surface area contributed by atoms with Gasteiger partial charge in [-0.1, -0.05) is 86.6 Å². The number of nitrogens with zero attached hydrogens (tertiary/aromatic N) is 2. The first-order valence-electron chi connectivity index (χ1n) is 11.1. The molecule has 0 N–H and O–H groups in total. The smallest absolute Gasteiger partial charge is 0.142 e. The van der Waals surface area contributed by atoms with E-state index >= 15 is 0 Å². The number of hydrogen-bond donors (Lipinski definition) is 0. The summed E-state index contributed by atoms with van der Waals surface area (Å²) in [6, 6.07) is 20.6. The largest absolute Gasteiger partial charge is 0.391 e. The highest BCUT2D eigenvalue weighted by Gasteiger charge is 2.53. The number of hydrogen-bond acceptors (Lipinski definition) is 4. The van der Waals surface area contributed by atoms with Gasteiger partial charge >= 0.3 is 0 Å². The van der Waals surface area contributed by atoms with E-state index in [0.29, 0.717) is 13.2 Å². The average molecular weight is 409 g/mol. The highest BCUT2D eigenvalue weighted by molar-refractivity contribution is 5.89. The van der Waals surface area contributed by atoms with Gasteiger partial charge < -0.3 is 4.84 Å². The maximum atomic E-state index is 6.51. The molecule has 4 heteroatoms. The molecule has 1 fully saturated rings. The Kier molecular flexibility index (Phi) is 7.32. The van der Waals surface area contributed by atoms with E-state index in [4.69, 9.17) is 9.68 Å². The van der Waals surface area contributed by atoms with Gasteiger partial charge in [-0.05, 0) is 37.8 Å². The molecule has 1 saturated heterocycles. The third-order valence-electron chi connectivity index (χ3n) is 6.89. The van der Waals surface area contributed by atoms with E-state index in [-0.39, 0.29) is 17.0 Å². The van der Waals surface area contributed by atoms with Gasteiger partial charge in [-0.3, -0.25) is 4.84 Å². The van der Waals surface area contributed by atoms with Crippen LogP contribution < -0.4 is 0 Å². The lowest BCUT2D eigenvalue weighted by molar-refractivity contribution is -0.294. The van der Waals surface area contributed by atoms with Crippen LogP contribution in [-0.2, 0) is 22.9 Å². The molecule has 3 unspecified atom stereocenters. The van der Waals surface area contributed by atoms with Gasteiger partial charge in [0.1, 0.15) is 6.61 Å². The molecule has 0 aromatic heterocycles. The molecule has 0 aliphatic carbocycles. The monoisotopic (exact) mass is 408 g/mol. The Morgan fingerprint density at radius 3 is 2.00 bits per heavy atom. The van der Waals surface area contributed by atoms with Crippen molar-refractivity contribution < 1.29 is 9.68 Å². The minimum absolute atomic E-state index is 0.138. The number of oxime groups is 1. The van der Waals surface area contributed by atoms with E-state index < -0.39 is 0 Å². The lowest BCUT2D eigenvalue weighted by atomic mass is 9.70. The average Bonchev–Trinajstić information content (AvgIpc) is 2.78. The maximum Gasteiger partial charge on any atom is 0.142 e. The van der Waals surface area contributed by atoms with Crippen LogP contribution in [-0.4, -0.2) is 21.9 Å². The van der Waals surface area contributed by atoms with Crippen LogP contribution in [0.15, 0.2) is 65.8 Å². The first-order chi connectivity index (χ1) is 14.4. The van der Waals surface area contributed by atoms with Crippen LogP contribution >= 0.6 is 0 Å². The van der Waals surface area contributed by atoms with Crippen molar-refractivity contribution in [3.63, 3.8) is 0 Å². The van der Waals surface area contributed by atoms with Gasteiger partial charge in [-0.2, -0.15) is 5.06 Å². The summed E-state index contributed by atoms with van der Waals surface area (Å²) >= 11 is 0. The SMILES string of the molecule is CCC1(C)C/C(=N\OCc2ccccc2)C(C)C(C)(CC)N1OCc1ccccc1. The van der Waals surface area contributed by atoms with E-state index in [9.17, 15) is 0 Å². The molecule has 162 valence electrons. The molecule has 0 spiro atoms. The molecule has 1 heterocycles. The molecule has 0 saturated carbocycles. The molecule has 4 nitrogen and oxygen atoms in total. The van der Waals surface area contributed by atoms with Crippen molar-refractivity contribution >= 4 is 5.71 Å². The zero-order valence-electron chi connectivity index (χ0n) is 19.1. The van der Waals surface area contributed by atoms with Crippen LogP contribution in [0.1, 0.15) is 65.0 Å². The number of piperidine rings is 1. The first kappa shape index (κ1) is 22.5. The van der Waals surface area contributed by atoms with E-state index in [0.717, 1.165) is 30.5 Å². The van der Waals surface area contributed by atoms with Crippen molar-refractivity contribution in [1.82, 2.24) is 5.06 Å².